The molecular weight excluding hydrogens is 228 g/mol. The largest absolute Gasteiger partial charge is 0.496 e. The van der Waals surface area contributed by atoms with Crippen LogP contribution >= 0.6 is 11.6 Å². The van der Waals surface area contributed by atoms with Crippen LogP contribution in [-0.2, 0) is 0 Å². The Morgan fingerprint density at radius 1 is 1.31 bits per heavy atom. The molecule has 1 aromatic carbocycles. The maximum atomic E-state index is 10.5. The van der Waals surface area contributed by atoms with Gasteiger partial charge in [0.15, 0.2) is 12.0 Å². The number of benzene rings is 1. The monoisotopic (exact) mass is 236 g/mol. The third kappa shape index (κ3) is 1.95. The molecule has 0 aliphatic heterocycles. The number of halogens is 1. The minimum atomic E-state index is 0.284. The quantitative estimate of drug-likeness (QED) is 0.767. The number of carbonyl (C=O) groups excluding carboxylic acids is 1. The van der Waals surface area contributed by atoms with Crippen LogP contribution in [0.5, 0.6) is 5.75 Å². The number of ether oxygens (including phenoxy) is 1. The summed E-state index contributed by atoms with van der Waals surface area (Å²) in [6.07, 6.45) is 0.659. The van der Waals surface area contributed by atoms with Crippen LogP contribution < -0.4 is 4.74 Å². The first-order chi connectivity index (χ1) is 7.74. The molecule has 0 radical (unpaired) electrons. The molecule has 0 N–H and O–H groups in total. The molecule has 0 aliphatic carbocycles. The van der Waals surface area contributed by atoms with E-state index < -0.39 is 0 Å². The lowest BCUT2D eigenvalue weighted by molar-refractivity contribution is 0.110. The molecule has 0 fully saturated rings. The fraction of sp³-hybridized carbons (Fsp3) is 0.0833. The van der Waals surface area contributed by atoms with Crippen molar-refractivity contribution in [1.82, 2.24) is 0 Å². The van der Waals surface area contributed by atoms with E-state index in [-0.39, 0.29) is 5.76 Å². The van der Waals surface area contributed by atoms with Crippen LogP contribution in [0.15, 0.2) is 34.7 Å². The van der Waals surface area contributed by atoms with E-state index in [2.05, 4.69) is 0 Å². The minimum absolute atomic E-state index is 0.284. The van der Waals surface area contributed by atoms with E-state index in [0.29, 0.717) is 22.8 Å². The van der Waals surface area contributed by atoms with Gasteiger partial charge in [0.2, 0.25) is 0 Å². The zero-order chi connectivity index (χ0) is 11.5. The molecule has 1 aromatic heterocycles. The zero-order valence-corrected chi connectivity index (χ0v) is 9.32. The predicted octanol–water partition coefficient (Wildman–Crippen LogP) is 3.42. The second kappa shape index (κ2) is 4.41. The van der Waals surface area contributed by atoms with Crippen LogP contribution in [0.2, 0.25) is 5.02 Å². The van der Waals surface area contributed by atoms with E-state index in [1.165, 1.54) is 0 Å². The maximum Gasteiger partial charge on any atom is 0.185 e. The first-order valence-corrected chi connectivity index (χ1v) is 5.01. The van der Waals surface area contributed by atoms with Crippen molar-refractivity contribution in [1.29, 1.82) is 0 Å². The van der Waals surface area contributed by atoms with E-state index in [4.69, 9.17) is 20.8 Å². The van der Waals surface area contributed by atoms with Crippen LogP contribution in [0.3, 0.4) is 0 Å². The summed E-state index contributed by atoms with van der Waals surface area (Å²) in [5.41, 5.74) is 0.764. The summed E-state index contributed by atoms with van der Waals surface area (Å²) in [7, 11) is 1.55. The van der Waals surface area contributed by atoms with Crippen molar-refractivity contribution in [2.45, 2.75) is 0 Å². The molecule has 0 amide bonds. The van der Waals surface area contributed by atoms with E-state index in [0.717, 1.165) is 5.56 Å². The molecule has 1 heterocycles. The smallest absolute Gasteiger partial charge is 0.185 e. The van der Waals surface area contributed by atoms with Gasteiger partial charge in [0, 0.05) is 5.02 Å². The Kier molecular flexibility index (Phi) is 2.97. The van der Waals surface area contributed by atoms with Gasteiger partial charge in [-0.3, -0.25) is 4.79 Å². The van der Waals surface area contributed by atoms with Crippen molar-refractivity contribution in [3.8, 4) is 17.1 Å². The highest BCUT2D eigenvalue weighted by molar-refractivity contribution is 6.30. The van der Waals surface area contributed by atoms with Gasteiger partial charge in [0.1, 0.15) is 11.5 Å². The molecule has 16 heavy (non-hydrogen) atoms. The van der Waals surface area contributed by atoms with E-state index in [1.807, 2.05) is 0 Å². The molecule has 0 spiro atoms. The third-order valence-corrected chi connectivity index (χ3v) is 2.41. The van der Waals surface area contributed by atoms with Gasteiger partial charge in [-0.1, -0.05) is 11.6 Å². The van der Waals surface area contributed by atoms with Gasteiger partial charge in [-0.25, -0.2) is 0 Å². The summed E-state index contributed by atoms with van der Waals surface area (Å²) in [5.74, 6) is 1.47. The molecular formula is C12H9ClO3. The fourth-order valence-corrected chi connectivity index (χ4v) is 1.59. The van der Waals surface area contributed by atoms with Crippen molar-refractivity contribution in [3.63, 3.8) is 0 Å². The SMILES string of the molecule is COc1cc(Cl)ccc1-c1ccc(C=O)o1. The Bertz CT molecular complexity index is 517. The van der Waals surface area contributed by atoms with Crippen LogP contribution in [-0.4, -0.2) is 13.4 Å². The molecule has 0 bridgehead atoms. The highest BCUT2D eigenvalue weighted by atomic mass is 35.5. The first kappa shape index (κ1) is 10.8. The number of methoxy groups -OCH3 is 1. The molecule has 0 saturated carbocycles. The number of hydrogen-bond acceptors (Lipinski definition) is 3. The van der Waals surface area contributed by atoms with Crippen LogP contribution in [0.25, 0.3) is 11.3 Å². The molecule has 4 heteroatoms. The highest BCUT2D eigenvalue weighted by Crippen LogP contribution is 2.33. The van der Waals surface area contributed by atoms with E-state index in [1.54, 1.807) is 37.4 Å². The average molecular weight is 237 g/mol. The van der Waals surface area contributed by atoms with Crippen molar-refractivity contribution in [3.05, 3.63) is 41.1 Å². The topological polar surface area (TPSA) is 39.4 Å². The zero-order valence-electron chi connectivity index (χ0n) is 8.57. The minimum Gasteiger partial charge on any atom is -0.496 e. The molecule has 0 unspecified atom stereocenters. The van der Waals surface area contributed by atoms with E-state index in [9.17, 15) is 4.79 Å². The number of rotatable bonds is 3. The van der Waals surface area contributed by atoms with Gasteiger partial charge in [-0.2, -0.15) is 0 Å². The van der Waals surface area contributed by atoms with Crippen LogP contribution in [0.4, 0.5) is 0 Å². The molecule has 0 aliphatic rings. The number of hydrogen-bond donors (Lipinski definition) is 0. The maximum absolute atomic E-state index is 10.5. The number of aldehydes is 1. The van der Waals surface area contributed by atoms with Gasteiger partial charge in [-0.05, 0) is 30.3 Å². The summed E-state index contributed by atoms with van der Waals surface area (Å²) in [6, 6.07) is 8.54. The lowest BCUT2D eigenvalue weighted by Crippen LogP contribution is -1.86. The third-order valence-electron chi connectivity index (χ3n) is 2.17. The Morgan fingerprint density at radius 3 is 2.75 bits per heavy atom. The van der Waals surface area contributed by atoms with Gasteiger partial charge in [0.25, 0.3) is 0 Å². The fourth-order valence-electron chi connectivity index (χ4n) is 1.43. The number of furan rings is 1. The second-order valence-corrected chi connectivity index (χ2v) is 3.60. The Hall–Kier alpha value is -1.74. The van der Waals surface area contributed by atoms with Crippen LogP contribution in [0.1, 0.15) is 10.6 Å². The summed E-state index contributed by atoms with van der Waals surface area (Å²) in [4.78, 5) is 10.5. The summed E-state index contributed by atoms with van der Waals surface area (Å²) in [5, 5.41) is 0.586. The van der Waals surface area contributed by atoms with Crippen LogP contribution in [0, 0.1) is 0 Å². The molecule has 3 nitrogen and oxygen atoms in total. The molecule has 0 saturated heterocycles. The van der Waals surface area contributed by atoms with Gasteiger partial charge >= 0.3 is 0 Å². The summed E-state index contributed by atoms with van der Waals surface area (Å²) < 4.78 is 10.5. The lowest BCUT2D eigenvalue weighted by atomic mass is 10.1. The van der Waals surface area contributed by atoms with Crippen molar-refractivity contribution in [2.24, 2.45) is 0 Å². The van der Waals surface area contributed by atoms with Crippen molar-refractivity contribution in [2.75, 3.05) is 7.11 Å². The normalized spacial score (nSPS) is 10.1. The Labute approximate surface area is 97.6 Å². The van der Waals surface area contributed by atoms with Gasteiger partial charge in [-0.15, -0.1) is 0 Å². The molecule has 82 valence electrons. The number of carbonyl (C=O) groups is 1. The van der Waals surface area contributed by atoms with Gasteiger partial charge < -0.3 is 9.15 Å². The molecule has 2 aromatic rings. The first-order valence-electron chi connectivity index (χ1n) is 4.63. The lowest BCUT2D eigenvalue weighted by Gasteiger charge is -2.06. The molecule has 2 rings (SSSR count). The highest BCUT2D eigenvalue weighted by Gasteiger charge is 2.10. The van der Waals surface area contributed by atoms with Gasteiger partial charge in [0.05, 0.1) is 12.7 Å². The Morgan fingerprint density at radius 2 is 2.12 bits per heavy atom. The standard InChI is InChI=1S/C12H9ClO3/c1-15-12-6-8(13)2-4-10(12)11-5-3-9(7-14)16-11/h2-7H,1H3. The second-order valence-electron chi connectivity index (χ2n) is 3.16. The summed E-state index contributed by atoms with van der Waals surface area (Å²) >= 11 is 5.85. The van der Waals surface area contributed by atoms with E-state index >= 15 is 0 Å². The predicted molar refractivity (Wildman–Crippen MR) is 61.1 cm³/mol. The average Bonchev–Trinajstić information content (AvgIpc) is 2.77. The van der Waals surface area contributed by atoms with Crippen molar-refractivity contribution < 1.29 is 13.9 Å². The summed E-state index contributed by atoms with van der Waals surface area (Å²) in [6.45, 7) is 0. The molecule has 0 atom stereocenters. The van der Waals surface area contributed by atoms with Crippen molar-refractivity contribution >= 4 is 17.9 Å². The Balaban J connectivity index is 2.50.